The van der Waals surface area contributed by atoms with E-state index in [9.17, 15) is 5.11 Å². The number of aromatic nitrogens is 4. The summed E-state index contributed by atoms with van der Waals surface area (Å²) >= 11 is 3.14. The van der Waals surface area contributed by atoms with Gasteiger partial charge in [0.15, 0.2) is 14.8 Å². The van der Waals surface area contributed by atoms with Crippen LogP contribution in [0.4, 0.5) is 5.13 Å². The van der Waals surface area contributed by atoms with E-state index in [0.717, 1.165) is 49.3 Å². The largest absolute Gasteiger partial charge is 0.507 e. The highest BCUT2D eigenvalue weighted by Crippen LogP contribution is 2.41. The topological polar surface area (TPSA) is 90.0 Å². The average Bonchev–Trinajstić information content (AvgIpc) is 3.41. The van der Waals surface area contributed by atoms with Crippen molar-refractivity contribution in [2.75, 3.05) is 11.9 Å². The lowest BCUT2D eigenvalue weighted by Gasteiger charge is -2.48. The Balaban J connectivity index is 1.40. The van der Waals surface area contributed by atoms with Crippen LogP contribution >= 0.6 is 22.7 Å². The minimum atomic E-state index is 0.0842. The van der Waals surface area contributed by atoms with Crippen molar-refractivity contribution in [3.8, 4) is 27.4 Å². The van der Waals surface area contributed by atoms with Crippen LogP contribution in [-0.2, 0) is 0 Å². The summed E-state index contributed by atoms with van der Waals surface area (Å²) in [5.74, 6) is 0.210. The molecule has 3 N–H and O–H groups in total. The normalized spacial score (nSPS) is 18.3. The predicted octanol–water partition coefficient (Wildman–Crippen LogP) is 5.26. The molecule has 0 radical (unpaired) electrons. The van der Waals surface area contributed by atoms with Gasteiger partial charge in [-0.2, -0.15) is 5.10 Å². The summed E-state index contributed by atoms with van der Waals surface area (Å²) in [5, 5.41) is 22.9. The van der Waals surface area contributed by atoms with Crippen molar-refractivity contribution in [3.63, 3.8) is 0 Å². The second-order valence-corrected chi connectivity index (χ2v) is 11.8. The molecule has 5 rings (SSSR count). The second-order valence-electron chi connectivity index (χ2n) is 9.91. The molecule has 0 saturated carbocycles. The zero-order chi connectivity index (χ0) is 22.7. The lowest BCUT2D eigenvalue weighted by atomic mass is 9.79. The molecule has 1 saturated heterocycles. The van der Waals surface area contributed by atoms with Gasteiger partial charge in [-0.15, -0.1) is 0 Å². The molecule has 0 spiro atoms. The van der Waals surface area contributed by atoms with Crippen LogP contribution in [0.3, 0.4) is 0 Å². The van der Waals surface area contributed by atoms with Crippen molar-refractivity contribution in [2.45, 2.75) is 57.7 Å². The van der Waals surface area contributed by atoms with Gasteiger partial charge in [0, 0.05) is 35.9 Å². The smallest absolute Gasteiger partial charge is 0.188 e. The number of phenols is 1. The van der Waals surface area contributed by atoms with Crippen LogP contribution in [-0.4, -0.2) is 49.4 Å². The fraction of sp³-hybridized carbons (Fsp3) is 0.435. The van der Waals surface area contributed by atoms with Crippen molar-refractivity contribution >= 4 is 37.5 Å². The maximum Gasteiger partial charge on any atom is 0.188 e. The summed E-state index contributed by atoms with van der Waals surface area (Å²) in [6.45, 7) is 9.08. The van der Waals surface area contributed by atoms with Crippen molar-refractivity contribution in [1.29, 1.82) is 0 Å². The molecule has 32 heavy (non-hydrogen) atoms. The van der Waals surface area contributed by atoms with E-state index in [-0.39, 0.29) is 16.8 Å². The van der Waals surface area contributed by atoms with E-state index in [4.69, 9.17) is 9.97 Å². The van der Waals surface area contributed by atoms with Gasteiger partial charge in [0.1, 0.15) is 10.8 Å². The quantitative estimate of drug-likeness (QED) is 0.378. The van der Waals surface area contributed by atoms with Crippen LogP contribution in [0.1, 0.15) is 40.5 Å². The second kappa shape index (κ2) is 7.54. The van der Waals surface area contributed by atoms with Crippen molar-refractivity contribution < 1.29 is 5.11 Å². The zero-order valence-electron chi connectivity index (χ0n) is 18.9. The Morgan fingerprint density at radius 2 is 1.75 bits per heavy atom. The lowest BCUT2D eigenvalue weighted by molar-refractivity contribution is 0.161. The minimum Gasteiger partial charge on any atom is -0.507 e. The Labute approximate surface area is 195 Å². The number of rotatable bonds is 4. The summed E-state index contributed by atoms with van der Waals surface area (Å²) < 4.78 is 0. The number of thiazole rings is 2. The van der Waals surface area contributed by atoms with E-state index in [1.807, 2.05) is 12.1 Å². The number of aromatic hydroxyl groups is 1. The molecule has 0 amide bonds. The van der Waals surface area contributed by atoms with E-state index in [2.05, 4.69) is 55.2 Å². The van der Waals surface area contributed by atoms with Gasteiger partial charge >= 0.3 is 0 Å². The van der Waals surface area contributed by atoms with Crippen molar-refractivity contribution in [3.05, 3.63) is 30.6 Å². The molecule has 1 aromatic carbocycles. The number of anilines is 1. The number of hydrogen-bond acceptors (Lipinski definition) is 8. The molecular weight excluding hydrogens is 440 g/mol. The third-order valence-corrected chi connectivity index (χ3v) is 8.19. The third-order valence-electron chi connectivity index (χ3n) is 6.04. The number of fused-ring (bicyclic) bond motifs is 1. The van der Waals surface area contributed by atoms with Crippen LogP contribution in [0, 0.1) is 0 Å². The van der Waals surface area contributed by atoms with Gasteiger partial charge in [-0.05, 0) is 58.2 Å². The van der Waals surface area contributed by atoms with Gasteiger partial charge in [-0.25, -0.2) is 9.97 Å². The van der Waals surface area contributed by atoms with Gasteiger partial charge in [-0.3, -0.25) is 5.10 Å². The number of nitrogens with one attached hydrogen (secondary N) is 2. The molecule has 168 valence electrons. The van der Waals surface area contributed by atoms with Crippen LogP contribution in [0.15, 0.2) is 30.6 Å². The number of piperidine rings is 1. The standard InChI is InChI=1S/C23H28N6OS2/c1-22(2)9-15(10-23(3,4)28-22)29(5)21-27-20-19(32-21)26-18(31-20)16-7-6-13(8-17(16)30)14-11-24-25-12-14/h6-8,11-12,15,28,30H,9-10H2,1-5H3,(H,24,25). The summed E-state index contributed by atoms with van der Waals surface area (Å²) in [7, 11) is 2.14. The Morgan fingerprint density at radius 1 is 1.03 bits per heavy atom. The van der Waals surface area contributed by atoms with E-state index >= 15 is 0 Å². The molecular formula is C23H28N6OS2. The molecule has 0 aliphatic carbocycles. The highest BCUT2D eigenvalue weighted by atomic mass is 32.1. The van der Waals surface area contributed by atoms with Crippen molar-refractivity contribution in [2.24, 2.45) is 0 Å². The number of H-pyrrole nitrogens is 1. The van der Waals surface area contributed by atoms with E-state index in [1.165, 1.54) is 11.3 Å². The van der Waals surface area contributed by atoms with E-state index < -0.39 is 0 Å². The SMILES string of the molecule is CN(c1nc2sc(-c3ccc(-c4cn[nH]c4)cc3O)nc2s1)C1CC(C)(C)NC(C)(C)C1. The van der Waals surface area contributed by atoms with Gasteiger partial charge in [0.25, 0.3) is 0 Å². The average molecular weight is 469 g/mol. The maximum atomic E-state index is 10.6. The number of benzene rings is 1. The molecule has 4 aromatic rings. The molecule has 1 aliphatic heterocycles. The molecule has 0 bridgehead atoms. The highest BCUT2D eigenvalue weighted by Gasteiger charge is 2.39. The summed E-state index contributed by atoms with van der Waals surface area (Å²) in [6, 6.07) is 6.05. The fourth-order valence-corrected chi connectivity index (χ4v) is 7.00. The van der Waals surface area contributed by atoms with E-state index in [1.54, 1.807) is 29.8 Å². The summed E-state index contributed by atoms with van der Waals surface area (Å²) in [6.07, 6.45) is 5.67. The Hall–Kier alpha value is -2.49. The fourth-order valence-electron chi connectivity index (χ4n) is 4.90. The molecule has 9 heteroatoms. The first-order valence-electron chi connectivity index (χ1n) is 10.7. The van der Waals surface area contributed by atoms with E-state index in [0.29, 0.717) is 6.04 Å². The molecule has 0 unspecified atom stereocenters. The first-order chi connectivity index (χ1) is 15.1. The Bertz CT molecular complexity index is 1210. The first-order valence-corrected chi connectivity index (χ1v) is 12.4. The molecule has 0 atom stereocenters. The molecule has 3 aromatic heterocycles. The molecule has 4 heterocycles. The van der Waals surface area contributed by atoms with Crippen LogP contribution < -0.4 is 10.2 Å². The molecule has 7 nitrogen and oxygen atoms in total. The third kappa shape index (κ3) is 4.00. The Kier molecular flexibility index (Phi) is 5.03. The van der Waals surface area contributed by atoms with Gasteiger partial charge in [0.05, 0.1) is 11.8 Å². The number of nitrogens with zero attached hydrogens (tertiary/aromatic N) is 4. The first kappa shape index (κ1) is 21.4. The maximum absolute atomic E-state index is 10.6. The monoisotopic (exact) mass is 468 g/mol. The highest BCUT2D eigenvalue weighted by molar-refractivity contribution is 7.29. The zero-order valence-corrected chi connectivity index (χ0v) is 20.6. The van der Waals surface area contributed by atoms with Crippen LogP contribution in [0.5, 0.6) is 5.75 Å². The summed E-state index contributed by atoms with van der Waals surface area (Å²) in [4.78, 5) is 13.9. The number of hydrogen-bond donors (Lipinski definition) is 3. The Morgan fingerprint density at radius 3 is 2.38 bits per heavy atom. The van der Waals surface area contributed by atoms with Crippen LogP contribution in [0.25, 0.3) is 31.4 Å². The van der Waals surface area contributed by atoms with Gasteiger partial charge < -0.3 is 15.3 Å². The van der Waals surface area contributed by atoms with Crippen molar-refractivity contribution in [1.82, 2.24) is 25.5 Å². The summed E-state index contributed by atoms with van der Waals surface area (Å²) in [5.41, 5.74) is 2.74. The lowest BCUT2D eigenvalue weighted by Crippen LogP contribution is -2.61. The predicted molar refractivity (Wildman–Crippen MR) is 133 cm³/mol. The van der Waals surface area contributed by atoms with Gasteiger partial charge in [-0.1, -0.05) is 28.7 Å². The molecule has 1 fully saturated rings. The molecule has 1 aliphatic rings. The number of aromatic amines is 1. The van der Waals surface area contributed by atoms with Crippen LogP contribution in [0.2, 0.25) is 0 Å². The number of phenolic OH excluding ortho intramolecular Hbond substituents is 1. The minimum absolute atomic E-state index is 0.0842. The van der Waals surface area contributed by atoms with Gasteiger partial charge in [0.2, 0.25) is 0 Å².